The molecule has 2 fully saturated rings. The van der Waals surface area contributed by atoms with Crippen molar-refractivity contribution >= 4 is 41.2 Å². The summed E-state index contributed by atoms with van der Waals surface area (Å²) in [5, 5.41) is 9.19. The minimum absolute atomic E-state index is 0.0179. The Morgan fingerprint density at radius 3 is 2.05 bits per heavy atom. The Balaban J connectivity index is 1.02. The van der Waals surface area contributed by atoms with Gasteiger partial charge >= 0.3 is 0 Å². The highest BCUT2D eigenvalue weighted by Crippen LogP contribution is 2.37. The molecule has 3 amide bonds. The number of benzene rings is 3. The van der Waals surface area contributed by atoms with Crippen molar-refractivity contribution in [3.63, 3.8) is 0 Å². The van der Waals surface area contributed by atoms with Crippen LogP contribution in [-0.4, -0.2) is 47.8 Å². The van der Waals surface area contributed by atoms with Crippen molar-refractivity contribution in [1.82, 2.24) is 10.2 Å². The van der Waals surface area contributed by atoms with E-state index in [-0.39, 0.29) is 29.7 Å². The maximum absolute atomic E-state index is 13.2. The number of amides is 3. The lowest BCUT2D eigenvalue weighted by Crippen LogP contribution is -2.47. The van der Waals surface area contributed by atoms with Gasteiger partial charge in [-0.3, -0.25) is 14.4 Å². The van der Waals surface area contributed by atoms with E-state index in [2.05, 4.69) is 22.0 Å². The molecule has 2 aliphatic heterocycles. The molecule has 0 spiro atoms. The van der Waals surface area contributed by atoms with E-state index in [1.54, 1.807) is 4.90 Å². The number of nitrogens with zero attached hydrogens (tertiary/aromatic N) is 1. The molecule has 0 bridgehead atoms. The molecule has 3 N–H and O–H groups in total. The van der Waals surface area contributed by atoms with Crippen molar-refractivity contribution in [1.29, 1.82) is 0 Å². The fourth-order valence-corrected chi connectivity index (χ4v) is 5.89. The van der Waals surface area contributed by atoms with Crippen LogP contribution in [0.3, 0.4) is 0 Å². The smallest absolute Gasteiger partial charge is 0.247 e. The average molecular weight is 535 g/mol. The SMILES string of the molecule is O=C(Nc1ccc(/C=C/c2ccc(NC(=O)[C@@H]3CCCN3C(=O)C3Cc4ccccc43)cc2)cc1)[C@@H]1CCCN1. The van der Waals surface area contributed by atoms with Crippen LogP contribution < -0.4 is 16.0 Å². The number of rotatable bonds is 7. The Morgan fingerprint density at radius 2 is 1.43 bits per heavy atom. The van der Waals surface area contributed by atoms with Gasteiger partial charge in [0.15, 0.2) is 0 Å². The second-order valence-corrected chi connectivity index (χ2v) is 10.8. The lowest BCUT2D eigenvalue weighted by atomic mass is 9.77. The molecule has 1 aliphatic carbocycles. The lowest BCUT2D eigenvalue weighted by molar-refractivity contribution is -0.138. The Labute approximate surface area is 234 Å². The molecule has 204 valence electrons. The molecule has 40 heavy (non-hydrogen) atoms. The summed E-state index contributed by atoms with van der Waals surface area (Å²) in [6, 6.07) is 23.0. The Kier molecular flexibility index (Phi) is 7.47. The topological polar surface area (TPSA) is 90.5 Å². The molecule has 3 aromatic carbocycles. The number of carbonyl (C=O) groups is 3. The van der Waals surface area contributed by atoms with Crippen molar-refractivity contribution < 1.29 is 14.4 Å². The van der Waals surface area contributed by atoms with Gasteiger partial charge in [-0.05, 0) is 85.2 Å². The monoisotopic (exact) mass is 534 g/mol. The Morgan fingerprint density at radius 1 is 0.775 bits per heavy atom. The van der Waals surface area contributed by atoms with E-state index in [4.69, 9.17) is 0 Å². The van der Waals surface area contributed by atoms with E-state index in [0.717, 1.165) is 54.6 Å². The van der Waals surface area contributed by atoms with E-state index in [1.807, 2.05) is 78.9 Å². The molecule has 3 aromatic rings. The van der Waals surface area contributed by atoms with Gasteiger partial charge in [0.1, 0.15) is 6.04 Å². The lowest BCUT2D eigenvalue weighted by Gasteiger charge is -2.34. The minimum atomic E-state index is -0.429. The van der Waals surface area contributed by atoms with Gasteiger partial charge in [-0.2, -0.15) is 0 Å². The van der Waals surface area contributed by atoms with E-state index in [9.17, 15) is 14.4 Å². The third-order valence-electron chi connectivity index (χ3n) is 8.19. The highest BCUT2D eigenvalue weighted by atomic mass is 16.2. The zero-order chi connectivity index (χ0) is 27.5. The Hall–Kier alpha value is -4.23. The maximum Gasteiger partial charge on any atom is 0.247 e. The van der Waals surface area contributed by atoms with E-state index in [1.165, 1.54) is 5.56 Å². The maximum atomic E-state index is 13.2. The second-order valence-electron chi connectivity index (χ2n) is 10.8. The number of anilines is 2. The summed E-state index contributed by atoms with van der Waals surface area (Å²) in [6.07, 6.45) is 8.22. The van der Waals surface area contributed by atoms with Crippen LogP contribution in [0.15, 0.2) is 72.8 Å². The first-order valence-corrected chi connectivity index (χ1v) is 14.2. The molecule has 1 unspecified atom stereocenters. The molecule has 2 saturated heterocycles. The van der Waals surface area contributed by atoms with Crippen molar-refractivity contribution in [2.24, 2.45) is 0 Å². The number of hydrogen-bond acceptors (Lipinski definition) is 4. The molecule has 7 nitrogen and oxygen atoms in total. The van der Waals surface area contributed by atoms with Gasteiger partial charge in [0.2, 0.25) is 17.7 Å². The highest BCUT2D eigenvalue weighted by Gasteiger charge is 2.41. The highest BCUT2D eigenvalue weighted by molar-refractivity contribution is 5.99. The van der Waals surface area contributed by atoms with Crippen LogP contribution in [0.4, 0.5) is 11.4 Å². The molecule has 0 radical (unpaired) electrons. The normalized spacial score (nSPS) is 21.6. The first-order chi connectivity index (χ1) is 19.5. The van der Waals surface area contributed by atoms with Crippen molar-refractivity contribution in [2.75, 3.05) is 23.7 Å². The standard InChI is InChI=1S/C33H34N4O3/c38-31(29-7-3-19-34-29)35-25-15-11-22(12-16-25)9-10-23-13-17-26(18-14-23)36-32(39)30-8-4-20-37(30)33(40)28-21-24-5-1-2-6-27(24)28/h1-2,5-6,9-18,28-30,34H,3-4,7-8,19-21H2,(H,35,38)(H,36,39)/b10-9+/t28?,29-,30-/m0/s1. The zero-order valence-electron chi connectivity index (χ0n) is 22.4. The van der Waals surface area contributed by atoms with Crippen LogP contribution in [0.2, 0.25) is 0 Å². The minimum Gasteiger partial charge on any atom is -0.330 e. The first kappa shape index (κ1) is 26.0. The number of fused-ring (bicyclic) bond motifs is 1. The van der Waals surface area contributed by atoms with Gasteiger partial charge in [-0.15, -0.1) is 0 Å². The fourth-order valence-electron chi connectivity index (χ4n) is 5.89. The van der Waals surface area contributed by atoms with Crippen LogP contribution in [0.25, 0.3) is 12.2 Å². The molecular formula is C33H34N4O3. The first-order valence-electron chi connectivity index (χ1n) is 14.2. The summed E-state index contributed by atoms with van der Waals surface area (Å²) in [5.74, 6) is -0.167. The van der Waals surface area contributed by atoms with Gasteiger partial charge in [0.05, 0.1) is 12.0 Å². The quantitative estimate of drug-likeness (QED) is 0.379. The Bertz CT molecular complexity index is 1420. The third kappa shape index (κ3) is 5.56. The summed E-state index contributed by atoms with van der Waals surface area (Å²) < 4.78 is 0. The molecular weight excluding hydrogens is 500 g/mol. The molecule has 3 aliphatic rings. The largest absolute Gasteiger partial charge is 0.330 e. The zero-order valence-corrected chi connectivity index (χ0v) is 22.4. The number of nitrogens with one attached hydrogen (secondary N) is 3. The van der Waals surface area contributed by atoms with Crippen LogP contribution >= 0.6 is 0 Å². The van der Waals surface area contributed by atoms with E-state index < -0.39 is 6.04 Å². The molecule has 6 rings (SSSR count). The summed E-state index contributed by atoms with van der Waals surface area (Å²) in [7, 11) is 0. The fraction of sp³-hybridized carbons (Fsp3) is 0.303. The number of hydrogen-bond donors (Lipinski definition) is 3. The van der Waals surface area contributed by atoms with Crippen LogP contribution in [0.5, 0.6) is 0 Å². The molecule has 3 atom stereocenters. The van der Waals surface area contributed by atoms with Gasteiger partial charge in [-0.25, -0.2) is 0 Å². The molecule has 7 heteroatoms. The van der Waals surface area contributed by atoms with E-state index in [0.29, 0.717) is 18.7 Å². The van der Waals surface area contributed by atoms with Gasteiger partial charge in [0, 0.05) is 17.9 Å². The van der Waals surface area contributed by atoms with Crippen LogP contribution in [-0.2, 0) is 20.8 Å². The van der Waals surface area contributed by atoms with Crippen LogP contribution in [0.1, 0.15) is 53.9 Å². The summed E-state index contributed by atoms with van der Waals surface area (Å²) in [5.41, 5.74) is 5.86. The third-order valence-corrected chi connectivity index (χ3v) is 8.19. The van der Waals surface area contributed by atoms with Crippen LogP contribution in [0, 0.1) is 0 Å². The summed E-state index contributed by atoms with van der Waals surface area (Å²) >= 11 is 0. The predicted octanol–water partition coefficient (Wildman–Crippen LogP) is 4.82. The van der Waals surface area contributed by atoms with Crippen molar-refractivity contribution in [3.8, 4) is 0 Å². The summed E-state index contributed by atoms with van der Waals surface area (Å²) in [4.78, 5) is 40.4. The molecule has 2 heterocycles. The summed E-state index contributed by atoms with van der Waals surface area (Å²) in [6.45, 7) is 1.52. The van der Waals surface area contributed by atoms with Gasteiger partial charge in [0.25, 0.3) is 0 Å². The number of likely N-dealkylation sites (tertiary alicyclic amines) is 1. The second kappa shape index (κ2) is 11.5. The molecule has 0 aromatic heterocycles. The average Bonchev–Trinajstić information content (AvgIpc) is 3.67. The van der Waals surface area contributed by atoms with Crippen molar-refractivity contribution in [3.05, 3.63) is 95.1 Å². The van der Waals surface area contributed by atoms with Crippen molar-refractivity contribution in [2.45, 2.75) is 50.1 Å². The predicted molar refractivity (Wildman–Crippen MR) is 158 cm³/mol. The number of carbonyl (C=O) groups excluding carboxylic acids is 3. The van der Waals surface area contributed by atoms with Gasteiger partial charge < -0.3 is 20.9 Å². The van der Waals surface area contributed by atoms with Gasteiger partial charge in [-0.1, -0.05) is 60.7 Å². The molecule has 0 saturated carbocycles. The van der Waals surface area contributed by atoms with E-state index >= 15 is 0 Å².